The van der Waals surface area contributed by atoms with Gasteiger partial charge in [-0.05, 0) is 16.9 Å². The van der Waals surface area contributed by atoms with Crippen LogP contribution in [0.3, 0.4) is 0 Å². The second-order valence-electron chi connectivity index (χ2n) is 4.06. The van der Waals surface area contributed by atoms with E-state index < -0.39 is 0 Å². The molecule has 0 amide bonds. The SMILES string of the molecule is [B]C(c1ccccc1)c1ccccc1.c1c[nH]cn1. The first kappa shape index (κ1) is 13.2. The molecule has 2 nitrogen and oxygen atoms in total. The maximum absolute atomic E-state index is 6.12. The molecule has 2 radical (unpaired) electrons. The lowest BCUT2D eigenvalue weighted by Crippen LogP contribution is -1.99. The predicted molar refractivity (Wildman–Crippen MR) is 79.1 cm³/mol. The van der Waals surface area contributed by atoms with Gasteiger partial charge in [-0.3, -0.25) is 0 Å². The molecule has 0 saturated heterocycles. The molecule has 1 N–H and O–H groups in total. The van der Waals surface area contributed by atoms with Crippen LogP contribution < -0.4 is 0 Å². The van der Waals surface area contributed by atoms with E-state index in [9.17, 15) is 0 Å². The summed E-state index contributed by atoms with van der Waals surface area (Å²) in [7, 11) is 6.12. The van der Waals surface area contributed by atoms with E-state index in [4.69, 9.17) is 7.85 Å². The van der Waals surface area contributed by atoms with Gasteiger partial charge in [0.25, 0.3) is 0 Å². The Hall–Kier alpha value is -2.29. The lowest BCUT2D eigenvalue weighted by atomic mass is 9.76. The number of rotatable bonds is 2. The third-order valence-electron chi connectivity index (χ3n) is 2.72. The first-order valence-electron chi connectivity index (χ1n) is 6.16. The highest BCUT2D eigenvalue weighted by molar-refractivity contribution is 6.14. The van der Waals surface area contributed by atoms with E-state index in [1.165, 1.54) is 0 Å². The van der Waals surface area contributed by atoms with Gasteiger partial charge in [-0.2, -0.15) is 0 Å². The zero-order valence-electron chi connectivity index (χ0n) is 10.6. The molecule has 0 saturated carbocycles. The number of benzene rings is 2. The van der Waals surface area contributed by atoms with E-state index in [-0.39, 0.29) is 5.82 Å². The van der Waals surface area contributed by atoms with Crippen LogP contribution in [0.5, 0.6) is 0 Å². The first-order valence-corrected chi connectivity index (χ1v) is 6.16. The smallest absolute Gasteiger partial charge is 0.0919 e. The van der Waals surface area contributed by atoms with Crippen molar-refractivity contribution < 1.29 is 0 Å². The first-order chi connectivity index (χ1) is 9.38. The number of aromatic amines is 1. The molecule has 19 heavy (non-hydrogen) atoms. The highest BCUT2D eigenvalue weighted by Gasteiger charge is 2.05. The molecule has 1 aromatic heterocycles. The van der Waals surface area contributed by atoms with Crippen molar-refractivity contribution in [1.82, 2.24) is 9.97 Å². The van der Waals surface area contributed by atoms with Crippen LogP contribution in [0.4, 0.5) is 0 Å². The van der Waals surface area contributed by atoms with Crippen molar-refractivity contribution in [3.05, 3.63) is 90.5 Å². The quantitative estimate of drug-likeness (QED) is 0.690. The zero-order valence-corrected chi connectivity index (χ0v) is 10.6. The third kappa shape index (κ3) is 4.14. The maximum Gasteiger partial charge on any atom is 0.0919 e. The van der Waals surface area contributed by atoms with Gasteiger partial charge in [-0.15, -0.1) is 0 Å². The normalized spacial score (nSPS) is 9.74. The Kier molecular flexibility index (Phi) is 5.00. The van der Waals surface area contributed by atoms with E-state index in [1.807, 2.05) is 36.4 Å². The highest BCUT2D eigenvalue weighted by atomic mass is 14.8. The molecule has 0 unspecified atom stereocenters. The summed E-state index contributed by atoms with van der Waals surface area (Å²) < 4.78 is 0. The van der Waals surface area contributed by atoms with E-state index in [2.05, 4.69) is 34.2 Å². The van der Waals surface area contributed by atoms with Crippen LogP contribution in [-0.2, 0) is 0 Å². The molecule has 0 atom stereocenters. The van der Waals surface area contributed by atoms with Gasteiger partial charge in [0.2, 0.25) is 0 Å². The van der Waals surface area contributed by atoms with Crippen molar-refractivity contribution >= 4 is 7.85 Å². The lowest BCUT2D eigenvalue weighted by molar-refractivity contribution is 1.14. The zero-order chi connectivity index (χ0) is 13.3. The maximum atomic E-state index is 6.12. The Morgan fingerprint density at radius 3 is 1.68 bits per heavy atom. The van der Waals surface area contributed by atoms with Crippen molar-refractivity contribution in [2.75, 3.05) is 0 Å². The van der Waals surface area contributed by atoms with E-state index in [0.29, 0.717) is 0 Å². The Bertz CT molecular complexity index is 493. The minimum atomic E-state index is -0.0163. The second-order valence-corrected chi connectivity index (χ2v) is 4.06. The van der Waals surface area contributed by atoms with Crippen LogP contribution in [0.2, 0.25) is 0 Å². The van der Waals surface area contributed by atoms with Gasteiger partial charge in [0.05, 0.1) is 14.2 Å². The molecular formula is C16H15BN2. The van der Waals surface area contributed by atoms with Crippen LogP contribution >= 0.6 is 0 Å². The summed E-state index contributed by atoms with van der Waals surface area (Å²) in [4.78, 5) is 6.42. The summed E-state index contributed by atoms with van der Waals surface area (Å²) in [6.45, 7) is 0. The molecule has 0 spiro atoms. The molecule has 0 fully saturated rings. The average molecular weight is 246 g/mol. The molecule has 0 aliphatic heterocycles. The summed E-state index contributed by atoms with van der Waals surface area (Å²) in [5.74, 6) is -0.0163. The average Bonchev–Trinajstić information content (AvgIpc) is 3.08. The predicted octanol–water partition coefficient (Wildman–Crippen LogP) is 3.35. The van der Waals surface area contributed by atoms with E-state index in [1.54, 1.807) is 18.7 Å². The van der Waals surface area contributed by atoms with Crippen LogP contribution in [0.25, 0.3) is 0 Å². The van der Waals surface area contributed by atoms with Gasteiger partial charge in [-0.25, -0.2) is 4.98 Å². The van der Waals surface area contributed by atoms with Gasteiger partial charge in [0.1, 0.15) is 0 Å². The van der Waals surface area contributed by atoms with Gasteiger partial charge in [-0.1, -0.05) is 60.7 Å². The molecule has 3 rings (SSSR count). The molecule has 0 aliphatic rings. The number of imidazole rings is 1. The standard InChI is InChI=1S/C13H11B.C3H4N2/c14-13(11-7-3-1-4-8-11)12-9-5-2-6-10-12;1-2-5-3-4-1/h1-10,13H;1-3H,(H,4,5). The largest absolute Gasteiger partial charge is 0.351 e. The number of hydrogen-bond acceptors (Lipinski definition) is 1. The molecular weight excluding hydrogens is 231 g/mol. The summed E-state index contributed by atoms with van der Waals surface area (Å²) in [5, 5.41) is 0. The molecule has 1 heterocycles. The van der Waals surface area contributed by atoms with Crippen LogP contribution in [0.1, 0.15) is 16.9 Å². The minimum Gasteiger partial charge on any atom is -0.351 e. The van der Waals surface area contributed by atoms with Gasteiger partial charge in [0.15, 0.2) is 0 Å². The fourth-order valence-electron chi connectivity index (χ4n) is 1.73. The lowest BCUT2D eigenvalue weighted by Gasteiger charge is -2.12. The Labute approximate surface area is 114 Å². The summed E-state index contributed by atoms with van der Waals surface area (Å²) >= 11 is 0. The van der Waals surface area contributed by atoms with E-state index in [0.717, 1.165) is 11.1 Å². The number of aromatic nitrogens is 2. The van der Waals surface area contributed by atoms with E-state index >= 15 is 0 Å². The number of hydrogen-bond donors (Lipinski definition) is 1. The van der Waals surface area contributed by atoms with Crippen LogP contribution in [-0.4, -0.2) is 17.8 Å². The van der Waals surface area contributed by atoms with Crippen molar-refractivity contribution in [3.63, 3.8) is 0 Å². The number of nitrogens with one attached hydrogen (secondary N) is 1. The number of H-pyrrole nitrogens is 1. The van der Waals surface area contributed by atoms with Crippen LogP contribution in [0, 0.1) is 0 Å². The third-order valence-corrected chi connectivity index (χ3v) is 2.72. The van der Waals surface area contributed by atoms with Crippen molar-refractivity contribution in [1.29, 1.82) is 0 Å². The highest BCUT2D eigenvalue weighted by Crippen LogP contribution is 2.20. The summed E-state index contributed by atoms with van der Waals surface area (Å²) in [6.07, 6.45) is 5.08. The molecule has 0 aliphatic carbocycles. The molecule has 3 aromatic rings. The van der Waals surface area contributed by atoms with Gasteiger partial charge < -0.3 is 4.98 Å². The molecule has 2 aromatic carbocycles. The fraction of sp³-hybridized carbons (Fsp3) is 0.0625. The Morgan fingerprint density at radius 1 is 0.842 bits per heavy atom. The Balaban J connectivity index is 0.000000224. The molecule has 92 valence electrons. The molecule has 0 bridgehead atoms. The molecule has 3 heteroatoms. The monoisotopic (exact) mass is 246 g/mol. The topological polar surface area (TPSA) is 28.7 Å². The van der Waals surface area contributed by atoms with Crippen LogP contribution in [0.15, 0.2) is 79.4 Å². The fourth-order valence-corrected chi connectivity index (χ4v) is 1.73. The second kappa shape index (κ2) is 7.22. The van der Waals surface area contributed by atoms with Crippen molar-refractivity contribution in [3.8, 4) is 0 Å². The summed E-state index contributed by atoms with van der Waals surface area (Å²) in [5.41, 5.74) is 2.30. The summed E-state index contributed by atoms with van der Waals surface area (Å²) in [6, 6.07) is 20.3. The minimum absolute atomic E-state index is 0.0163. The van der Waals surface area contributed by atoms with Crippen molar-refractivity contribution in [2.24, 2.45) is 0 Å². The van der Waals surface area contributed by atoms with Crippen molar-refractivity contribution in [2.45, 2.75) is 5.82 Å². The Morgan fingerprint density at radius 2 is 1.37 bits per heavy atom. The van der Waals surface area contributed by atoms with Gasteiger partial charge >= 0.3 is 0 Å². The van der Waals surface area contributed by atoms with Gasteiger partial charge in [0, 0.05) is 12.4 Å². The number of nitrogens with zero attached hydrogens (tertiary/aromatic N) is 1.